The van der Waals surface area contributed by atoms with Gasteiger partial charge >= 0.3 is 0 Å². The molecule has 1 atom stereocenters. The highest BCUT2D eigenvalue weighted by molar-refractivity contribution is 6.30. The molecule has 0 saturated carbocycles. The van der Waals surface area contributed by atoms with Crippen LogP contribution in [0.1, 0.15) is 18.5 Å². The molecule has 32 heavy (non-hydrogen) atoms. The van der Waals surface area contributed by atoms with E-state index in [2.05, 4.69) is 15.2 Å². The molecule has 0 aliphatic carbocycles. The first-order chi connectivity index (χ1) is 15.5. The van der Waals surface area contributed by atoms with Crippen LogP contribution in [0.4, 0.5) is 11.6 Å². The number of allylic oxidation sites excluding steroid dienone is 1. The number of benzene rings is 3. The molecule has 2 N–H and O–H groups in total. The number of hydrogen-bond acceptors (Lipinski definition) is 4. The Hall–Kier alpha value is -3.77. The molecule has 0 spiro atoms. The molecule has 1 amide bonds. The van der Waals surface area contributed by atoms with E-state index in [-0.39, 0.29) is 11.9 Å². The van der Waals surface area contributed by atoms with E-state index in [9.17, 15) is 4.79 Å². The smallest absolute Gasteiger partial charge is 0.255 e. The lowest BCUT2D eigenvalue weighted by Crippen LogP contribution is -2.30. The number of fused-ring (bicyclic) bond motifs is 3. The van der Waals surface area contributed by atoms with Gasteiger partial charge in [-0.15, -0.1) is 0 Å². The molecule has 3 aromatic carbocycles. The van der Waals surface area contributed by atoms with Gasteiger partial charge in [-0.2, -0.15) is 0 Å². The third-order valence-corrected chi connectivity index (χ3v) is 5.84. The minimum absolute atomic E-state index is 0.200. The molecule has 1 aromatic heterocycles. The molecule has 0 bridgehead atoms. The van der Waals surface area contributed by atoms with Gasteiger partial charge in [0, 0.05) is 16.4 Å². The number of carbonyl (C=O) groups excluding carboxylic acids is 1. The van der Waals surface area contributed by atoms with Gasteiger partial charge in [0.05, 0.1) is 29.8 Å². The second-order valence-corrected chi connectivity index (χ2v) is 8.03. The molecule has 4 aromatic rings. The van der Waals surface area contributed by atoms with Crippen molar-refractivity contribution in [1.29, 1.82) is 0 Å². The summed E-state index contributed by atoms with van der Waals surface area (Å²) in [5.74, 6) is 1.22. The third kappa shape index (κ3) is 3.48. The number of halogens is 1. The normalized spacial score (nSPS) is 15.3. The van der Waals surface area contributed by atoms with Gasteiger partial charge in [-0.3, -0.25) is 9.36 Å². The van der Waals surface area contributed by atoms with Crippen LogP contribution in [0.25, 0.3) is 11.0 Å². The summed E-state index contributed by atoms with van der Waals surface area (Å²) in [5, 5.41) is 6.94. The zero-order valence-corrected chi connectivity index (χ0v) is 18.4. The average Bonchev–Trinajstić information content (AvgIpc) is 3.17. The maximum atomic E-state index is 13.6. The number of carbonyl (C=O) groups is 1. The van der Waals surface area contributed by atoms with E-state index in [0.29, 0.717) is 22.2 Å². The number of anilines is 2. The number of para-hydroxylation sites is 2. The lowest BCUT2D eigenvalue weighted by molar-refractivity contribution is -0.113. The summed E-state index contributed by atoms with van der Waals surface area (Å²) in [6.07, 6.45) is 0. The molecule has 7 heteroatoms. The molecule has 0 fully saturated rings. The summed E-state index contributed by atoms with van der Waals surface area (Å²) in [7, 11) is 1.63. The van der Waals surface area contributed by atoms with Crippen LogP contribution in [-0.4, -0.2) is 22.6 Å². The predicted molar refractivity (Wildman–Crippen MR) is 127 cm³/mol. The van der Waals surface area contributed by atoms with Crippen molar-refractivity contribution in [3.05, 3.63) is 94.7 Å². The fourth-order valence-electron chi connectivity index (χ4n) is 4.12. The van der Waals surface area contributed by atoms with Crippen LogP contribution in [0.5, 0.6) is 5.75 Å². The van der Waals surface area contributed by atoms with Gasteiger partial charge in [-0.05, 0) is 61.0 Å². The van der Waals surface area contributed by atoms with Crippen molar-refractivity contribution in [2.24, 2.45) is 0 Å². The topological polar surface area (TPSA) is 68.2 Å². The van der Waals surface area contributed by atoms with Gasteiger partial charge in [0.25, 0.3) is 5.91 Å². The van der Waals surface area contributed by atoms with E-state index < -0.39 is 0 Å². The molecule has 0 radical (unpaired) electrons. The molecule has 1 aliphatic heterocycles. The first kappa shape index (κ1) is 20.2. The van der Waals surface area contributed by atoms with Crippen molar-refractivity contribution in [3.63, 3.8) is 0 Å². The van der Waals surface area contributed by atoms with Crippen LogP contribution < -0.4 is 15.4 Å². The SMILES string of the molecule is COc1cccc([C@@H]2C(C(=O)Nc3ccc(Cl)cc3)=C(C)Nc3nc4ccccc4n32)c1. The fraction of sp³-hybridized carbons (Fsp3) is 0.120. The van der Waals surface area contributed by atoms with Crippen molar-refractivity contribution in [1.82, 2.24) is 9.55 Å². The summed E-state index contributed by atoms with van der Waals surface area (Å²) in [5.41, 5.74) is 4.74. The van der Waals surface area contributed by atoms with Gasteiger partial charge in [0.1, 0.15) is 5.75 Å². The Morgan fingerprint density at radius 2 is 1.88 bits per heavy atom. The highest BCUT2D eigenvalue weighted by Gasteiger charge is 2.34. The molecular weight excluding hydrogens is 424 g/mol. The van der Waals surface area contributed by atoms with E-state index >= 15 is 0 Å². The van der Waals surface area contributed by atoms with Crippen LogP contribution in [0, 0.1) is 0 Å². The Labute approximate surface area is 190 Å². The largest absolute Gasteiger partial charge is 0.497 e. The predicted octanol–water partition coefficient (Wildman–Crippen LogP) is 5.63. The second kappa shape index (κ2) is 8.05. The standard InChI is InChI=1S/C25H21ClN4O2/c1-15-22(24(31)28-18-12-10-17(26)11-13-18)23(16-6-5-7-19(14-16)32-2)30-21-9-4-3-8-20(21)29-25(30)27-15/h3-14,23H,1-2H3,(H,27,29)(H,28,31)/t23-/m1/s1. The van der Waals surface area contributed by atoms with Gasteiger partial charge in [-0.1, -0.05) is 35.9 Å². The first-order valence-corrected chi connectivity index (χ1v) is 10.6. The van der Waals surface area contributed by atoms with Crippen molar-refractivity contribution >= 4 is 40.2 Å². The summed E-state index contributed by atoms with van der Waals surface area (Å²) in [4.78, 5) is 18.3. The van der Waals surface area contributed by atoms with Crippen molar-refractivity contribution in [2.75, 3.05) is 17.7 Å². The molecule has 6 nitrogen and oxygen atoms in total. The number of amides is 1. The zero-order valence-electron chi connectivity index (χ0n) is 17.6. The maximum absolute atomic E-state index is 13.6. The average molecular weight is 445 g/mol. The second-order valence-electron chi connectivity index (χ2n) is 7.60. The lowest BCUT2D eigenvalue weighted by atomic mass is 9.94. The molecule has 2 heterocycles. The van der Waals surface area contributed by atoms with Crippen LogP contribution in [0.2, 0.25) is 5.02 Å². The summed E-state index contributed by atoms with van der Waals surface area (Å²) in [6, 6.07) is 22.4. The molecule has 5 rings (SSSR count). The number of rotatable bonds is 4. The molecule has 160 valence electrons. The van der Waals surface area contributed by atoms with Crippen LogP contribution in [0.3, 0.4) is 0 Å². The number of imidazole rings is 1. The summed E-state index contributed by atoms with van der Waals surface area (Å²) in [6.45, 7) is 1.90. The minimum Gasteiger partial charge on any atom is -0.497 e. The summed E-state index contributed by atoms with van der Waals surface area (Å²) < 4.78 is 7.53. The number of nitrogens with zero attached hydrogens (tertiary/aromatic N) is 2. The molecule has 0 unspecified atom stereocenters. The number of aromatic nitrogens is 2. The number of methoxy groups -OCH3 is 1. The number of nitrogens with one attached hydrogen (secondary N) is 2. The summed E-state index contributed by atoms with van der Waals surface area (Å²) >= 11 is 6.00. The van der Waals surface area contributed by atoms with E-state index in [1.165, 1.54) is 0 Å². The van der Waals surface area contributed by atoms with E-state index in [4.69, 9.17) is 21.3 Å². The van der Waals surface area contributed by atoms with Gasteiger partial charge < -0.3 is 15.4 Å². The van der Waals surface area contributed by atoms with Gasteiger partial charge in [0.2, 0.25) is 5.95 Å². The van der Waals surface area contributed by atoms with Crippen LogP contribution in [0.15, 0.2) is 84.1 Å². The van der Waals surface area contributed by atoms with Crippen LogP contribution >= 0.6 is 11.6 Å². The van der Waals surface area contributed by atoms with E-state index in [1.54, 1.807) is 31.4 Å². The number of hydrogen-bond donors (Lipinski definition) is 2. The molecule has 1 aliphatic rings. The van der Waals surface area contributed by atoms with E-state index in [0.717, 1.165) is 28.0 Å². The Kier molecular flexibility index (Phi) is 5.07. The van der Waals surface area contributed by atoms with Crippen molar-refractivity contribution in [2.45, 2.75) is 13.0 Å². The Bertz CT molecular complexity index is 1360. The molecule has 0 saturated heterocycles. The monoisotopic (exact) mass is 444 g/mol. The Morgan fingerprint density at radius 3 is 2.66 bits per heavy atom. The van der Waals surface area contributed by atoms with Gasteiger partial charge in [-0.25, -0.2) is 4.98 Å². The number of ether oxygens (including phenoxy) is 1. The van der Waals surface area contributed by atoms with E-state index in [1.807, 2.05) is 55.5 Å². The quantitative estimate of drug-likeness (QED) is 0.428. The maximum Gasteiger partial charge on any atom is 0.255 e. The zero-order chi connectivity index (χ0) is 22.2. The van der Waals surface area contributed by atoms with Crippen molar-refractivity contribution in [3.8, 4) is 5.75 Å². The minimum atomic E-state index is -0.388. The van der Waals surface area contributed by atoms with Gasteiger partial charge in [0.15, 0.2) is 0 Å². The highest BCUT2D eigenvalue weighted by atomic mass is 35.5. The van der Waals surface area contributed by atoms with Crippen LogP contribution in [-0.2, 0) is 4.79 Å². The molecular formula is C25H21ClN4O2. The Balaban J connectivity index is 1.66. The Morgan fingerprint density at radius 1 is 1.09 bits per heavy atom. The third-order valence-electron chi connectivity index (χ3n) is 5.59. The highest BCUT2D eigenvalue weighted by Crippen LogP contribution is 2.40. The first-order valence-electron chi connectivity index (χ1n) is 10.2. The fourth-order valence-corrected chi connectivity index (χ4v) is 4.24. The van der Waals surface area contributed by atoms with Crippen molar-refractivity contribution < 1.29 is 9.53 Å². The lowest BCUT2D eigenvalue weighted by Gasteiger charge is -2.31.